The fourth-order valence-electron chi connectivity index (χ4n) is 2.60. The summed E-state index contributed by atoms with van der Waals surface area (Å²) in [6.07, 6.45) is -8.75. The second kappa shape index (κ2) is 7.27. The van der Waals surface area contributed by atoms with Gasteiger partial charge >= 0.3 is 12.4 Å². The minimum absolute atomic E-state index is 0. The SMILES string of the molecule is Cl.N[C@@H](c1ccc(C(F)(F)F)cc1C(F)(F)F)C1CCOCC1. The molecule has 0 saturated carbocycles. The van der Waals surface area contributed by atoms with Crippen LogP contribution in [-0.2, 0) is 17.1 Å². The monoisotopic (exact) mass is 363 g/mol. The first-order chi connectivity index (χ1) is 10.1. The lowest BCUT2D eigenvalue weighted by atomic mass is 9.85. The summed E-state index contributed by atoms with van der Waals surface area (Å²) in [6, 6.07) is 0.646. The summed E-state index contributed by atoms with van der Waals surface area (Å²) in [5, 5.41) is 0. The Bertz CT molecular complexity index is 525. The molecule has 0 unspecified atom stereocenters. The van der Waals surface area contributed by atoms with E-state index in [9.17, 15) is 26.3 Å². The number of ether oxygens (including phenoxy) is 1. The minimum atomic E-state index is -4.89. The molecule has 23 heavy (non-hydrogen) atoms. The van der Waals surface area contributed by atoms with Gasteiger partial charge in [0.05, 0.1) is 11.1 Å². The highest BCUT2D eigenvalue weighted by molar-refractivity contribution is 5.85. The Labute approximate surface area is 135 Å². The molecule has 1 heterocycles. The lowest BCUT2D eigenvalue weighted by molar-refractivity contribution is -0.143. The van der Waals surface area contributed by atoms with Crippen molar-refractivity contribution in [3.8, 4) is 0 Å². The Hall–Kier alpha value is -0.990. The van der Waals surface area contributed by atoms with E-state index < -0.39 is 29.5 Å². The van der Waals surface area contributed by atoms with Crippen molar-refractivity contribution in [1.29, 1.82) is 0 Å². The van der Waals surface area contributed by atoms with Gasteiger partial charge in [-0.15, -0.1) is 12.4 Å². The highest BCUT2D eigenvalue weighted by atomic mass is 35.5. The lowest BCUT2D eigenvalue weighted by Gasteiger charge is -2.29. The number of nitrogens with two attached hydrogens (primary N) is 1. The molecule has 0 spiro atoms. The molecule has 0 amide bonds. The second-order valence-corrected chi connectivity index (χ2v) is 5.27. The molecule has 1 aliphatic rings. The molecule has 2 N–H and O–H groups in total. The fraction of sp³-hybridized carbons (Fsp3) is 0.571. The van der Waals surface area contributed by atoms with Gasteiger partial charge in [0.2, 0.25) is 0 Å². The van der Waals surface area contributed by atoms with Gasteiger partial charge in [0.15, 0.2) is 0 Å². The van der Waals surface area contributed by atoms with E-state index in [0.717, 1.165) is 6.07 Å². The van der Waals surface area contributed by atoms with Gasteiger partial charge in [-0.25, -0.2) is 0 Å². The van der Waals surface area contributed by atoms with Crippen molar-refractivity contribution in [2.75, 3.05) is 13.2 Å². The minimum Gasteiger partial charge on any atom is -0.381 e. The third-order valence-electron chi connectivity index (χ3n) is 3.82. The largest absolute Gasteiger partial charge is 0.416 e. The Morgan fingerprint density at radius 3 is 2.04 bits per heavy atom. The molecule has 0 radical (unpaired) electrons. The number of halogens is 7. The Morgan fingerprint density at radius 1 is 1.00 bits per heavy atom. The van der Waals surface area contributed by atoms with Gasteiger partial charge in [-0.05, 0) is 36.5 Å². The molecular formula is C14H16ClF6NO. The smallest absolute Gasteiger partial charge is 0.381 e. The molecule has 0 aromatic heterocycles. The highest BCUT2D eigenvalue weighted by Gasteiger charge is 2.40. The second-order valence-electron chi connectivity index (χ2n) is 5.27. The van der Waals surface area contributed by atoms with E-state index in [2.05, 4.69) is 0 Å². The number of benzene rings is 1. The maximum Gasteiger partial charge on any atom is 0.416 e. The first-order valence-electron chi connectivity index (χ1n) is 6.72. The first-order valence-corrected chi connectivity index (χ1v) is 6.72. The average molecular weight is 364 g/mol. The van der Waals surface area contributed by atoms with Crippen LogP contribution in [0.1, 0.15) is 35.6 Å². The molecule has 1 aromatic carbocycles. The quantitative estimate of drug-likeness (QED) is 0.781. The zero-order valence-electron chi connectivity index (χ0n) is 11.9. The average Bonchev–Trinajstić information content (AvgIpc) is 2.45. The molecule has 1 atom stereocenters. The molecule has 1 aromatic rings. The number of hydrogen-bond donors (Lipinski definition) is 1. The van der Waals surface area contributed by atoms with Crippen molar-refractivity contribution in [2.45, 2.75) is 31.2 Å². The van der Waals surface area contributed by atoms with Crippen molar-refractivity contribution in [3.05, 3.63) is 34.9 Å². The Kier molecular flexibility index (Phi) is 6.34. The normalized spacial score (nSPS) is 18.4. The summed E-state index contributed by atoms with van der Waals surface area (Å²) in [5.41, 5.74) is 2.94. The van der Waals surface area contributed by atoms with E-state index in [1.54, 1.807) is 0 Å². The summed E-state index contributed by atoms with van der Waals surface area (Å²) >= 11 is 0. The fourth-order valence-corrected chi connectivity index (χ4v) is 2.60. The van der Waals surface area contributed by atoms with E-state index in [-0.39, 0.29) is 30.0 Å². The highest BCUT2D eigenvalue weighted by Crippen LogP contribution is 2.41. The van der Waals surface area contributed by atoms with Gasteiger partial charge in [-0.1, -0.05) is 6.07 Å². The first kappa shape index (κ1) is 20.1. The molecule has 132 valence electrons. The van der Waals surface area contributed by atoms with E-state index in [1.165, 1.54) is 0 Å². The summed E-state index contributed by atoms with van der Waals surface area (Å²) < 4.78 is 82.3. The van der Waals surface area contributed by atoms with E-state index in [0.29, 0.717) is 32.1 Å². The number of hydrogen-bond acceptors (Lipinski definition) is 2. The predicted octanol–water partition coefficient (Wildman–Crippen LogP) is 4.57. The summed E-state index contributed by atoms with van der Waals surface area (Å²) in [6.45, 7) is 0.778. The summed E-state index contributed by atoms with van der Waals surface area (Å²) in [7, 11) is 0. The molecule has 2 nitrogen and oxygen atoms in total. The number of rotatable bonds is 2. The van der Waals surface area contributed by atoms with Crippen LogP contribution in [0.2, 0.25) is 0 Å². The van der Waals surface area contributed by atoms with Crippen LogP contribution in [0, 0.1) is 5.92 Å². The molecule has 0 bridgehead atoms. The van der Waals surface area contributed by atoms with Crippen molar-refractivity contribution >= 4 is 12.4 Å². The van der Waals surface area contributed by atoms with E-state index in [1.807, 2.05) is 0 Å². The van der Waals surface area contributed by atoms with Crippen molar-refractivity contribution in [3.63, 3.8) is 0 Å². The van der Waals surface area contributed by atoms with Gasteiger partial charge in [0, 0.05) is 19.3 Å². The topological polar surface area (TPSA) is 35.2 Å². The molecule has 1 aliphatic heterocycles. The maximum absolute atomic E-state index is 13.1. The van der Waals surface area contributed by atoms with E-state index in [4.69, 9.17) is 10.5 Å². The predicted molar refractivity (Wildman–Crippen MR) is 74.2 cm³/mol. The van der Waals surface area contributed by atoms with Crippen LogP contribution in [0.5, 0.6) is 0 Å². The van der Waals surface area contributed by atoms with Crippen LogP contribution in [0.25, 0.3) is 0 Å². The number of alkyl halides is 6. The summed E-state index contributed by atoms with van der Waals surface area (Å²) in [5.74, 6) is -0.244. The molecule has 9 heteroatoms. The van der Waals surface area contributed by atoms with Crippen LogP contribution < -0.4 is 5.73 Å². The third kappa shape index (κ3) is 4.74. The van der Waals surface area contributed by atoms with Crippen molar-refractivity contribution in [2.24, 2.45) is 11.7 Å². The zero-order valence-corrected chi connectivity index (χ0v) is 12.7. The summed E-state index contributed by atoms with van der Waals surface area (Å²) in [4.78, 5) is 0. The van der Waals surface area contributed by atoms with Crippen molar-refractivity contribution in [1.82, 2.24) is 0 Å². The van der Waals surface area contributed by atoms with Crippen molar-refractivity contribution < 1.29 is 31.1 Å². The standard InChI is InChI=1S/C14H15F6NO.ClH/c15-13(16,17)9-1-2-10(11(7-9)14(18,19)20)12(21)8-3-5-22-6-4-8;/h1-2,7-8,12H,3-6,21H2;1H/t12-;/m1./s1. The Balaban J connectivity index is 0.00000264. The molecular weight excluding hydrogens is 348 g/mol. The lowest BCUT2D eigenvalue weighted by Crippen LogP contribution is -2.29. The molecule has 1 fully saturated rings. The van der Waals surface area contributed by atoms with Crippen LogP contribution in [-0.4, -0.2) is 13.2 Å². The van der Waals surface area contributed by atoms with Crippen LogP contribution >= 0.6 is 12.4 Å². The van der Waals surface area contributed by atoms with Gasteiger partial charge in [-0.3, -0.25) is 0 Å². The van der Waals surface area contributed by atoms with Crippen LogP contribution in [0.15, 0.2) is 18.2 Å². The molecule has 2 rings (SSSR count). The van der Waals surface area contributed by atoms with Crippen LogP contribution in [0.3, 0.4) is 0 Å². The maximum atomic E-state index is 13.1. The van der Waals surface area contributed by atoms with Gasteiger partial charge in [0.25, 0.3) is 0 Å². The van der Waals surface area contributed by atoms with E-state index >= 15 is 0 Å². The van der Waals surface area contributed by atoms with Gasteiger partial charge < -0.3 is 10.5 Å². The molecule has 0 aliphatic carbocycles. The zero-order chi connectivity index (χ0) is 16.5. The Morgan fingerprint density at radius 2 is 1.57 bits per heavy atom. The van der Waals surface area contributed by atoms with Gasteiger partial charge in [-0.2, -0.15) is 26.3 Å². The van der Waals surface area contributed by atoms with Gasteiger partial charge in [0.1, 0.15) is 0 Å². The molecule has 1 saturated heterocycles. The third-order valence-corrected chi connectivity index (χ3v) is 3.82. The van der Waals surface area contributed by atoms with Crippen LogP contribution in [0.4, 0.5) is 26.3 Å².